The van der Waals surface area contributed by atoms with Crippen LogP contribution in [0.1, 0.15) is 13.8 Å². The summed E-state index contributed by atoms with van der Waals surface area (Å²) in [7, 11) is 0. The predicted molar refractivity (Wildman–Crippen MR) is 75.4 cm³/mol. The Morgan fingerprint density at radius 3 is 2.42 bits per heavy atom. The van der Waals surface area contributed by atoms with Crippen molar-refractivity contribution in [1.29, 1.82) is 5.53 Å². The molecule has 0 aliphatic heterocycles. The number of hydrogen-bond donors (Lipinski definition) is 3. The van der Waals surface area contributed by atoms with E-state index >= 15 is 0 Å². The van der Waals surface area contributed by atoms with Gasteiger partial charge in [-0.05, 0) is 32.1 Å². The Kier molecular flexibility index (Phi) is 7.29. The minimum absolute atomic E-state index is 0.0505. The van der Waals surface area contributed by atoms with Crippen LogP contribution in [0.4, 0.5) is 0 Å². The van der Waals surface area contributed by atoms with Crippen molar-refractivity contribution in [2.24, 2.45) is 16.1 Å². The van der Waals surface area contributed by atoms with Gasteiger partial charge < -0.3 is 15.6 Å². The molecular formula is C13H18N4O2. The topological polar surface area (TPSA) is 104 Å². The Labute approximate surface area is 112 Å². The molecule has 0 aromatic rings. The van der Waals surface area contributed by atoms with Crippen molar-refractivity contribution in [2.75, 3.05) is 0 Å². The third-order valence-corrected chi connectivity index (χ3v) is 1.92. The van der Waals surface area contributed by atoms with Gasteiger partial charge in [0, 0.05) is 5.57 Å². The van der Waals surface area contributed by atoms with Crippen LogP contribution in [0.25, 0.3) is 0 Å². The number of aliphatic hydroxyl groups is 1. The first-order valence-corrected chi connectivity index (χ1v) is 5.42. The van der Waals surface area contributed by atoms with Crippen molar-refractivity contribution >= 4 is 5.84 Å². The zero-order valence-corrected chi connectivity index (χ0v) is 11.1. The van der Waals surface area contributed by atoms with Crippen molar-refractivity contribution in [1.82, 2.24) is 0 Å². The number of rotatable bonds is 7. The molecule has 0 aromatic carbocycles. The molecule has 0 radical (unpaired) electrons. The van der Waals surface area contributed by atoms with E-state index in [2.05, 4.69) is 23.5 Å². The van der Waals surface area contributed by atoms with Crippen LogP contribution >= 0.6 is 0 Å². The highest BCUT2D eigenvalue weighted by Gasteiger charge is 2.07. The van der Waals surface area contributed by atoms with Crippen molar-refractivity contribution in [2.45, 2.75) is 13.8 Å². The molecule has 6 heteroatoms. The molecule has 0 spiro atoms. The molecule has 102 valence electrons. The summed E-state index contributed by atoms with van der Waals surface area (Å²) in [5.74, 6) is 0.280. The molecule has 19 heavy (non-hydrogen) atoms. The molecule has 0 aliphatic carbocycles. The minimum atomic E-state index is -0.277. The fourth-order valence-corrected chi connectivity index (χ4v) is 1.00. The molecule has 0 bridgehead atoms. The van der Waals surface area contributed by atoms with Crippen LogP contribution in [0.5, 0.6) is 0 Å². The number of amidine groups is 1. The Balaban J connectivity index is 5.23. The summed E-state index contributed by atoms with van der Waals surface area (Å²) >= 11 is 0. The number of aliphatic hydroxyl groups excluding tert-OH is 1. The van der Waals surface area contributed by atoms with E-state index in [1.165, 1.54) is 6.08 Å². The Morgan fingerprint density at radius 1 is 1.37 bits per heavy atom. The molecule has 0 aliphatic rings. The maximum atomic E-state index is 9.46. The second-order valence-corrected chi connectivity index (χ2v) is 3.36. The molecule has 6 nitrogen and oxygen atoms in total. The predicted octanol–water partition coefficient (Wildman–Crippen LogP) is 3.30. The van der Waals surface area contributed by atoms with Gasteiger partial charge in [0.15, 0.2) is 17.4 Å². The highest BCUT2D eigenvalue weighted by atomic mass is 16.5. The fraction of sp³-hybridized carbons (Fsp3) is 0.154. The van der Waals surface area contributed by atoms with E-state index in [4.69, 9.17) is 16.0 Å². The van der Waals surface area contributed by atoms with Gasteiger partial charge in [0.1, 0.15) is 5.76 Å². The van der Waals surface area contributed by atoms with Crippen LogP contribution in [0, 0.1) is 5.53 Å². The molecule has 0 aromatic heterocycles. The van der Waals surface area contributed by atoms with Crippen LogP contribution in [0.3, 0.4) is 0 Å². The monoisotopic (exact) mass is 262 g/mol. The van der Waals surface area contributed by atoms with Crippen LogP contribution in [0.2, 0.25) is 0 Å². The zero-order chi connectivity index (χ0) is 14.8. The quantitative estimate of drug-likeness (QED) is 0.164. The minimum Gasteiger partial charge on any atom is -0.505 e. The van der Waals surface area contributed by atoms with E-state index in [-0.39, 0.29) is 22.9 Å². The SMILES string of the molecule is C=C(/C=C(/OC(/C=C\C)=C/C)C(=C)O)C(N)=NN=N. The molecule has 0 saturated carbocycles. The van der Waals surface area contributed by atoms with Crippen LogP contribution in [-0.2, 0) is 4.74 Å². The van der Waals surface area contributed by atoms with Crippen molar-refractivity contribution in [3.05, 3.63) is 60.3 Å². The van der Waals surface area contributed by atoms with Gasteiger partial charge in [-0.2, -0.15) is 5.53 Å². The lowest BCUT2D eigenvalue weighted by atomic mass is 10.2. The van der Waals surface area contributed by atoms with E-state index in [0.29, 0.717) is 5.76 Å². The number of allylic oxidation sites excluding steroid dienone is 3. The lowest BCUT2D eigenvalue weighted by Gasteiger charge is -2.10. The summed E-state index contributed by atoms with van der Waals surface area (Å²) in [6.45, 7) is 10.6. The maximum absolute atomic E-state index is 9.46. The van der Waals surface area contributed by atoms with Gasteiger partial charge in [-0.1, -0.05) is 24.5 Å². The second-order valence-electron chi connectivity index (χ2n) is 3.36. The fourth-order valence-electron chi connectivity index (χ4n) is 1.00. The lowest BCUT2D eigenvalue weighted by molar-refractivity contribution is 0.277. The largest absolute Gasteiger partial charge is 0.505 e. The molecule has 0 amide bonds. The number of nitrogens with zero attached hydrogens (tertiary/aromatic N) is 2. The summed E-state index contributed by atoms with van der Waals surface area (Å²) < 4.78 is 5.44. The summed E-state index contributed by atoms with van der Waals surface area (Å²) in [5.41, 5.74) is 12.3. The van der Waals surface area contributed by atoms with Crippen molar-refractivity contribution in [3.63, 3.8) is 0 Å². The van der Waals surface area contributed by atoms with E-state index in [1.54, 1.807) is 25.2 Å². The standard InChI is InChI=1S/C13H18N4O2/c1-5-7-11(6-2)19-12(10(4)18)8-9(3)13(14)16-17-15/h5-8,18H,3-4H2,1-2H3,(H3,14,15,16)/b7-5-,11-6+,12-8+. The van der Waals surface area contributed by atoms with Gasteiger partial charge in [0.05, 0.1) is 0 Å². The van der Waals surface area contributed by atoms with Crippen molar-refractivity contribution < 1.29 is 9.84 Å². The van der Waals surface area contributed by atoms with E-state index in [1.807, 2.05) is 6.92 Å². The first kappa shape index (κ1) is 16.4. The Bertz CT molecular complexity index is 485. The molecule has 0 saturated heterocycles. The Hall–Kier alpha value is -2.63. The van der Waals surface area contributed by atoms with Crippen LogP contribution in [0.15, 0.2) is 70.6 Å². The van der Waals surface area contributed by atoms with E-state index in [0.717, 1.165) is 0 Å². The summed E-state index contributed by atoms with van der Waals surface area (Å²) in [4.78, 5) is 0. The zero-order valence-electron chi connectivity index (χ0n) is 11.1. The van der Waals surface area contributed by atoms with Gasteiger partial charge in [-0.15, -0.1) is 5.10 Å². The van der Waals surface area contributed by atoms with Crippen LogP contribution in [-0.4, -0.2) is 10.9 Å². The van der Waals surface area contributed by atoms with E-state index < -0.39 is 0 Å². The molecule has 0 fully saturated rings. The first-order chi connectivity index (χ1) is 8.96. The second kappa shape index (κ2) is 8.46. The summed E-state index contributed by atoms with van der Waals surface area (Å²) in [6, 6.07) is 0. The number of nitrogens with one attached hydrogen (secondary N) is 1. The van der Waals surface area contributed by atoms with Crippen LogP contribution < -0.4 is 5.73 Å². The smallest absolute Gasteiger partial charge is 0.169 e. The third-order valence-electron chi connectivity index (χ3n) is 1.92. The average Bonchev–Trinajstić information content (AvgIpc) is 2.36. The van der Waals surface area contributed by atoms with Gasteiger partial charge >= 0.3 is 0 Å². The normalized spacial score (nSPS) is 13.5. The molecular weight excluding hydrogens is 244 g/mol. The number of hydrogen-bond acceptors (Lipinski definition) is 4. The van der Waals surface area contributed by atoms with Gasteiger partial charge in [-0.25, -0.2) is 0 Å². The highest BCUT2D eigenvalue weighted by molar-refractivity contribution is 5.98. The Morgan fingerprint density at radius 2 is 2.00 bits per heavy atom. The van der Waals surface area contributed by atoms with Gasteiger partial charge in [0.25, 0.3) is 0 Å². The lowest BCUT2D eigenvalue weighted by Crippen LogP contribution is -2.13. The molecule has 0 heterocycles. The maximum Gasteiger partial charge on any atom is 0.169 e. The summed E-state index contributed by atoms with van der Waals surface area (Å²) in [6.07, 6.45) is 6.59. The molecule has 4 N–H and O–H groups in total. The van der Waals surface area contributed by atoms with Crippen molar-refractivity contribution in [3.8, 4) is 0 Å². The van der Waals surface area contributed by atoms with Gasteiger partial charge in [0.2, 0.25) is 0 Å². The molecule has 0 atom stereocenters. The molecule has 0 rings (SSSR count). The molecule has 0 unspecified atom stereocenters. The summed E-state index contributed by atoms with van der Waals surface area (Å²) in [5, 5.41) is 15.6. The highest BCUT2D eigenvalue weighted by Crippen LogP contribution is 2.15. The third kappa shape index (κ3) is 6.02. The van der Waals surface area contributed by atoms with E-state index in [9.17, 15) is 5.11 Å². The number of ether oxygens (including phenoxy) is 1. The number of nitrogens with two attached hydrogens (primary N) is 1. The first-order valence-electron chi connectivity index (χ1n) is 5.42. The average molecular weight is 262 g/mol. The van der Waals surface area contributed by atoms with Gasteiger partial charge in [-0.3, -0.25) is 0 Å².